The molecule has 112 valence electrons. The third-order valence-corrected chi connectivity index (χ3v) is 3.40. The lowest BCUT2D eigenvalue weighted by molar-refractivity contribution is -0.117. The number of methoxy groups -OCH3 is 1. The Hall–Kier alpha value is -2.22. The number of thioether (sulfide) groups is 1. The summed E-state index contributed by atoms with van der Waals surface area (Å²) in [5.41, 5.74) is 1.60. The van der Waals surface area contributed by atoms with Crippen molar-refractivity contribution >= 4 is 34.8 Å². The van der Waals surface area contributed by atoms with E-state index in [1.54, 1.807) is 14.0 Å². The first kappa shape index (κ1) is 15.2. The maximum absolute atomic E-state index is 11.5. The highest BCUT2D eigenvalue weighted by molar-refractivity contribution is 7.99. The number of aromatic amines is 1. The SMILES string of the molecule is CCOC(=O)NC(=O)CSc1nc2ccc(OC)cc2[nH]1. The van der Waals surface area contributed by atoms with Crippen molar-refractivity contribution in [1.82, 2.24) is 15.3 Å². The molecule has 0 atom stereocenters. The number of carbonyl (C=O) groups excluding carboxylic acids is 2. The molecule has 8 heteroatoms. The van der Waals surface area contributed by atoms with Gasteiger partial charge in [-0.3, -0.25) is 10.1 Å². The highest BCUT2D eigenvalue weighted by atomic mass is 32.2. The van der Waals surface area contributed by atoms with E-state index in [4.69, 9.17) is 4.74 Å². The molecule has 0 aliphatic heterocycles. The zero-order chi connectivity index (χ0) is 15.2. The molecular weight excluding hydrogens is 294 g/mol. The van der Waals surface area contributed by atoms with Crippen molar-refractivity contribution in [2.45, 2.75) is 12.1 Å². The molecule has 1 aromatic carbocycles. The highest BCUT2D eigenvalue weighted by Crippen LogP contribution is 2.22. The number of carbonyl (C=O) groups is 2. The first-order valence-corrected chi connectivity index (χ1v) is 7.24. The topological polar surface area (TPSA) is 93.3 Å². The number of fused-ring (bicyclic) bond motifs is 1. The van der Waals surface area contributed by atoms with E-state index in [2.05, 4.69) is 20.0 Å². The van der Waals surface area contributed by atoms with Crippen molar-refractivity contribution in [3.8, 4) is 5.75 Å². The molecule has 0 spiro atoms. The van der Waals surface area contributed by atoms with Gasteiger partial charge in [-0.2, -0.15) is 0 Å². The number of amides is 2. The zero-order valence-electron chi connectivity index (χ0n) is 11.6. The standard InChI is InChI=1S/C13H15N3O4S/c1-3-20-13(18)16-11(17)7-21-12-14-9-5-4-8(19-2)6-10(9)15-12/h4-6H,3,7H2,1-2H3,(H,14,15)(H,16,17,18). The van der Waals surface area contributed by atoms with Crippen LogP contribution in [0.5, 0.6) is 5.75 Å². The van der Waals surface area contributed by atoms with Gasteiger partial charge in [0.2, 0.25) is 5.91 Å². The van der Waals surface area contributed by atoms with Crippen LogP contribution in [0.1, 0.15) is 6.92 Å². The lowest BCUT2D eigenvalue weighted by atomic mass is 10.3. The summed E-state index contributed by atoms with van der Waals surface area (Å²) in [4.78, 5) is 30.0. The Morgan fingerprint density at radius 2 is 2.24 bits per heavy atom. The van der Waals surface area contributed by atoms with Crippen molar-refractivity contribution in [3.63, 3.8) is 0 Å². The third-order valence-electron chi connectivity index (χ3n) is 2.52. The molecule has 0 unspecified atom stereocenters. The fraction of sp³-hybridized carbons (Fsp3) is 0.308. The predicted octanol–water partition coefficient (Wildman–Crippen LogP) is 1.94. The van der Waals surface area contributed by atoms with Gasteiger partial charge in [-0.05, 0) is 19.1 Å². The number of benzene rings is 1. The summed E-state index contributed by atoms with van der Waals surface area (Å²) in [7, 11) is 1.59. The number of aromatic nitrogens is 2. The quantitative estimate of drug-likeness (QED) is 0.820. The van der Waals surface area contributed by atoms with E-state index in [0.717, 1.165) is 16.8 Å². The molecule has 0 saturated carbocycles. The molecule has 0 fully saturated rings. The molecule has 2 aromatic rings. The smallest absolute Gasteiger partial charge is 0.413 e. The number of rotatable bonds is 5. The second kappa shape index (κ2) is 6.98. The van der Waals surface area contributed by atoms with Crippen LogP contribution in [0.4, 0.5) is 4.79 Å². The van der Waals surface area contributed by atoms with Crippen molar-refractivity contribution in [3.05, 3.63) is 18.2 Å². The molecule has 21 heavy (non-hydrogen) atoms. The number of imide groups is 1. The van der Waals surface area contributed by atoms with Crippen LogP contribution in [-0.2, 0) is 9.53 Å². The van der Waals surface area contributed by atoms with Crippen molar-refractivity contribution < 1.29 is 19.1 Å². The largest absolute Gasteiger partial charge is 0.497 e. The van der Waals surface area contributed by atoms with Crippen LogP contribution in [0, 0.1) is 0 Å². The number of imidazole rings is 1. The van der Waals surface area contributed by atoms with E-state index >= 15 is 0 Å². The molecule has 7 nitrogen and oxygen atoms in total. The number of nitrogens with zero attached hydrogens (tertiary/aromatic N) is 1. The van der Waals surface area contributed by atoms with E-state index in [1.165, 1.54) is 11.8 Å². The Morgan fingerprint density at radius 1 is 1.43 bits per heavy atom. The number of nitrogens with one attached hydrogen (secondary N) is 2. The van der Waals surface area contributed by atoms with Gasteiger partial charge < -0.3 is 14.5 Å². The molecule has 0 bridgehead atoms. The minimum Gasteiger partial charge on any atom is -0.497 e. The van der Waals surface area contributed by atoms with Crippen LogP contribution in [0.15, 0.2) is 23.4 Å². The van der Waals surface area contributed by atoms with Crippen LogP contribution in [0.3, 0.4) is 0 Å². The van der Waals surface area contributed by atoms with Crippen LogP contribution >= 0.6 is 11.8 Å². The van der Waals surface area contributed by atoms with Crippen LogP contribution < -0.4 is 10.1 Å². The van der Waals surface area contributed by atoms with Gasteiger partial charge in [0.1, 0.15) is 5.75 Å². The van der Waals surface area contributed by atoms with E-state index in [-0.39, 0.29) is 12.4 Å². The minimum atomic E-state index is -0.738. The van der Waals surface area contributed by atoms with Gasteiger partial charge in [0.25, 0.3) is 0 Å². The van der Waals surface area contributed by atoms with Gasteiger partial charge in [0, 0.05) is 6.07 Å². The molecule has 2 amide bonds. The maximum atomic E-state index is 11.5. The zero-order valence-corrected chi connectivity index (χ0v) is 12.5. The lowest BCUT2D eigenvalue weighted by Crippen LogP contribution is -2.32. The number of hydrogen-bond acceptors (Lipinski definition) is 6. The molecule has 0 aliphatic rings. The molecule has 0 saturated heterocycles. The van der Waals surface area contributed by atoms with Gasteiger partial charge in [0.05, 0.1) is 30.5 Å². The van der Waals surface area contributed by atoms with Gasteiger partial charge in [0.15, 0.2) is 5.16 Å². The van der Waals surface area contributed by atoms with Gasteiger partial charge in [-0.25, -0.2) is 9.78 Å². The summed E-state index contributed by atoms with van der Waals surface area (Å²) >= 11 is 1.20. The molecule has 0 aliphatic carbocycles. The molecular formula is C13H15N3O4S. The fourth-order valence-electron chi connectivity index (χ4n) is 1.61. The maximum Gasteiger partial charge on any atom is 0.413 e. The molecule has 1 heterocycles. The van der Waals surface area contributed by atoms with Crippen LogP contribution in [0.2, 0.25) is 0 Å². The number of ether oxygens (including phenoxy) is 2. The Morgan fingerprint density at radius 3 is 2.95 bits per heavy atom. The van der Waals surface area contributed by atoms with E-state index in [0.29, 0.717) is 5.16 Å². The Bertz CT molecular complexity index is 656. The van der Waals surface area contributed by atoms with E-state index in [9.17, 15) is 9.59 Å². The Balaban J connectivity index is 1.94. The number of alkyl carbamates (subject to hydrolysis) is 1. The number of hydrogen-bond donors (Lipinski definition) is 2. The Kier molecular flexibility index (Phi) is 5.04. The lowest BCUT2D eigenvalue weighted by Gasteiger charge is -2.02. The monoisotopic (exact) mass is 309 g/mol. The molecule has 2 N–H and O–H groups in total. The van der Waals surface area contributed by atoms with E-state index in [1.807, 2.05) is 18.2 Å². The average molecular weight is 309 g/mol. The van der Waals surface area contributed by atoms with Crippen molar-refractivity contribution in [1.29, 1.82) is 0 Å². The summed E-state index contributed by atoms with van der Waals surface area (Å²) in [5.74, 6) is 0.356. The summed E-state index contributed by atoms with van der Waals surface area (Å²) < 4.78 is 9.75. The van der Waals surface area contributed by atoms with E-state index < -0.39 is 12.0 Å². The first-order chi connectivity index (χ1) is 10.1. The van der Waals surface area contributed by atoms with Gasteiger partial charge >= 0.3 is 6.09 Å². The van der Waals surface area contributed by atoms with Gasteiger partial charge in [-0.15, -0.1) is 0 Å². The fourth-order valence-corrected chi connectivity index (χ4v) is 2.30. The third kappa shape index (κ3) is 4.12. The molecule has 1 aromatic heterocycles. The highest BCUT2D eigenvalue weighted by Gasteiger charge is 2.11. The molecule has 2 rings (SSSR count). The average Bonchev–Trinajstić information content (AvgIpc) is 2.87. The normalized spacial score (nSPS) is 10.4. The summed E-state index contributed by atoms with van der Waals surface area (Å²) in [6.07, 6.45) is -0.738. The number of H-pyrrole nitrogens is 1. The summed E-state index contributed by atoms with van der Waals surface area (Å²) in [6.45, 7) is 1.89. The minimum absolute atomic E-state index is 0.0652. The second-order valence-electron chi connectivity index (χ2n) is 3.98. The van der Waals surface area contributed by atoms with Crippen molar-refractivity contribution in [2.75, 3.05) is 19.5 Å². The summed E-state index contributed by atoms with van der Waals surface area (Å²) in [6, 6.07) is 5.46. The second-order valence-corrected chi connectivity index (χ2v) is 4.95. The first-order valence-electron chi connectivity index (χ1n) is 6.25. The van der Waals surface area contributed by atoms with Crippen LogP contribution in [0.25, 0.3) is 11.0 Å². The van der Waals surface area contributed by atoms with Crippen molar-refractivity contribution in [2.24, 2.45) is 0 Å². The Labute approximate surface area is 125 Å². The summed E-state index contributed by atoms with van der Waals surface area (Å²) in [5, 5.41) is 2.72. The predicted molar refractivity (Wildman–Crippen MR) is 78.5 cm³/mol. The molecule has 0 radical (unpaired) electrons. The van der Waals surface area contributed by atoms with Crippen LogP contribution in [-0.4, -0.2) is 41.4 Å². The van der Waals surface area contributed by atoms with Gasteiger partial charge in [-0.1, -0.05) is 11.8 Å².